The number of phenolic OH excluding ortho intramolecular Hbond substituents is 1. The standard InChI is InChI=1S/C19H16ClFN6O5S/c20-14-4-2-1-3-11(14)8-26-9-13(7-22-26)24-19(30)23-12-5-15(21)18(16(28)6-12)27-10-17(29)25-33(27,31)32/h1-7,9,28H,8,10H2,(H,25,29)(H2,23,24,30). The van der Waals surface area contributed by atoms with Gasteiger partial charge in [0.05, 0.1) is 18.4 Å². The Kier molecular flexibility index (Phi) is 5.82. The highest BCUT2D eigenvalue weighted by atomic mass is 35.5. The van der Waals surface area contributed by atoms with Crippen molar-refractivity contribution in [2.45, 2.75) is 6.54 Å². The molecule has 0 spiro atoms. The van der Waals surface area contributed by atoms with Crippen molar-refractivity contribution >= 4 is 50.8 Å². The number of benzene rings is 2. The van der Waals surface area contributed by atoms with Gasteiger partial charge in [-0.3, -0.25) is 9.48 Å². The highest BCUT2D eigenvalue weighted by Crippen LogP contribution is 2.36. The summed E-state index contributed by atoms with van der Waals surface area (Å²) in [5.74, 6) is -2.80. The Balaban J connectivity index is 1.44. The van der Waals surface area contributed by atoms with Crippen LogP contribution in [-0.4, -0.2) is 41.8 Å². The number of hydrogen-bond donors (Lipinski definition) is 4. The fourth-order valence-electron chi connectivity index (χ4n) is 3.16. The van der Waals surface area contributed by atoms with Crippen LogP contribution < -0.4 is 19.7 Å². The van der Waals surface area contributed by atoms with E-state index in [0.717, 1.165) is 17.7 Å². The van der Waals surface area contributed by atoms with Crippen molar-refractivity contribution in [1.29, 1.82) is 0 Å². The minimum Gasteiger partial charge on any atom is -0.506 e. The summed E-state index contributed by atoms with van der Waals surface area (Å²) in [6, 6.07) is 8.24. The van der Waals surface area contributed by atoms with Gasteiger partial charge >= 0.3 is 16.2 Å². The van der Waals surface area contributed by atoms with Gasteiger partial charge in [-0.1, -0.05) is 29.8 Å². The molecule has 1 aliphatic rings. The smallest absolute Gasteiger partial charge is 0.326 e. The lowest BCUT2D eigenvalue weighted by molar-refractivity contribution is -0.117. The zero-order valence-corrected chi connectivity index (χ0v) is 18.2. The number of anilines is 3. The molecule has 0 bridgehead atoms. The number of rotatable bonds is 5. The highest BCUT2D eigenvalue weighted by molar-refractivity contribution is 7.92. The molecule has 3 aromatic rings. The SMILES string of the molecule is O=C1CN(c2c(O)cc(NC(=O)Nc3cnn(Cc4ccccc4Cl)c3)cc2F)S(=O)(=O)N1. The van der Waals surface area contributed by atoms with Gasteiger partial charge in [0.2, 0.25) is 0 Å². The second kappa shape index (κ2) is 8.60. The minimum absolute atomic E-state index is 0.148. The van der Waals surface area contributed by atoms with Crippen LogP contribution in [0.4, 0.5) is 26.2 Å². The number of carbonyl (C=O) groups is 2. The van der Waals surface area contributed by atoms with E-state index in [-0.39, 0.29) is 5.69 Å². The molecule has 0 unspecified atom stereocenters. The monoisotopic (exact) mass is 494 g/mol. The first kappa shape index (κ1) is 22.4. The number of halogens is 2. The van der Waals surface area contributed by atoms with E-state index in [1.54, 1.807) is 27.7 Å². The van der Waals surface area contributed by atoms with Crippen molar-refractivity contribution in [3.05, 3.63) is 65.2 Å². The number of amides is 3. The molecule has 3 amide bonds. The summed E-state index contributed by atoms with van der Waals surface area (Å²) in [6.45, 7) is -0.307. The largest absolute Gasteiger partial charge is 0.506 e. The summed E-state index contributed by atoms with van der Waals surface area (Å²) in [6.07, 6.45) is 2.96. The van der Waals surface area contributed by atoms with E-state index in [0.29, 0.717) is 21.6 Å². The summed E-state index contributed by atoms with van der Waals surface area (Å²) in [5, 5.41) is 19.7. The van der Waals surface area contributed by atoms with Gasteiger partial charge in [-0.15, -0.1) is 0 Å². The molecule has 1 aliphatic heterocycles. The molecule has 0 aliphatic carbocycles. The van der Waals surface area contributed by atoms with Crippen LogP contribution in [0, 0.1) is 5.82 Å². The second-order valence-electron chi connectivity index (χ2n) is 6.96. The van der Waals surface area contributed by atoms with Crippen molar-refractivity contribution in [1.82, 2.24) is 14.5 Å². The zero-order chi connectivity index (χ0) is 23.8. The first-order valence-corrected chi connectivity index (χ1v) is 11.1. The van der Waals surface area contributed by atoms with Crippen molar-refractivity contribution in [2.24, 2.45) is 0 Å². The van der Waals surface area contributed by atoms with Gasteiger partial charge in [-0.25, -0.2) is 18.2 Å². The third-order valence-corrected chi connectivity index (χ3v) is 6.30. The average molecular weight is 495 g/mol. The summed E-state index contributed by atoms with van der Waals surface area (Å²) in [7, 11) is -4.32. The molecule has 1 saturated heterocycles. The number of phenols is 1. The van der Waals surface area contributed by atoms with Crippen molar-refractivity contribution in [3.8, 4) is 5.75 Å². The first-order chi connectivity index (χ1) is 15.6. The molecule has 33 heavy (non-hydrogen) atoms. The summed E-state index contributed by atoms with van der Waals surface area (Å²) >= 11 is 6.13. The van der Waals surface area contributed by atoms with E-state index in [2.05, 4.69) is 15.7 Å². The van der Waals surface area contributed by atoms with Crippen LogP contribution in [0.1, 0.15) is 5.56 Å². The van der Waals surface area contributed by atoms with Crippen LogP contribution in [0.3, 0.4) is 0 Å². The molecule has 0 radical (unpaired) electrons. The Morgan fingerprint density at radius 3 is 2.64 bits per heavy atom. The highest BCUT2D eigenvalue weighted by Gasteiger charge is 2.37. The van der Waals surface area contributed by atoms with Gasteiger partial charge < -0.3 is 15.7 Å². The van der Waals surface area contributed by atoms with E-state index in [1.165, 1.54) is 6.20 Å². The molecule has 11 nitrogen and oxygen atoms in total. The van der Waals surface area contributed by atoms with Crippen LogP contribution in [-0.2, 0) is 21.5 Å². The number of nitrogens with one attached hydrogen (secondary N) is 3. The van der Waals surface area contributed by atoms with Crippen LogP contribution >= 0.6 is 11.6 Å². The van der Waals surface area contributed by atoms with Crippen LogP contribution in [0.15, 0.2) is 48.8 Å². The topological polar surface area (TPSA) is 146 Å². The Morgan fingerprint density at radius 2 is 1.97 bits per heavy atom. The van der Waals surface area contributed by atoms with Gasteiger partial charge in [0.25, 0.3) is 5.91 Å². The lowest BCUT2D eigenvalue weighted by Crippen LogP contribution is -2.30. The predicted molar refractivity (Wildman–Crippen MR) is 118 cm³/mol. The van der Waals surface area contributed by atoms with E-state index < -0.39 is 45.9 Å². The Morgan fingerprint density at radius 1 is 1.24 bits per heavy atom. The van der Waals surface area contributed by atoms with Crippen LogP contribution in [0.5, 0.6) is 5.75 Å². The normalized spacial score (nSPS) is 14.7. The second-order valence-corrected chi connectivity index (χ2v) is 8.96. The lowest BCUT2D eigenvalue weighted by atomic mass is 10.2. The molecule has 4 N–H and O–H groups in total. The third kappa shape index (κ3) is 4.83. The van der Waals surface area contributed by atoms with Gasteiger partial charge in [0.1, 0.15) is 18.0 Å². The minimum atomic E-state index is -4.32. The molecule has 2 heterocycles. The number of carbonyl (C=O) groups excluding carboxylic acids is 2. The Labute approximate surface area is 191 Å². The Bertz CT molecular complexity index is 1340. The molecule has 4 rings (SSSR count). The number of nitrogens with zero attached hydrogens (tertiary/aromatic N) is 3. The van der Waals surface area contributed by atoms with Crippen molar-refractivity contribution in [2.75, 3.05) is 21.5 Å². The summed E-state index contributed by atoms with van der Waals surface area (Å²) in [4.78, 5) is 23.6. The molecule has 172 valence electrons. The van der Waals surface area contributed by atoms with E-state index >= 15 is 0 Å². The van der Waals surface area contributed by atoms with Gasteiger partial charge in [-0.2, -0.15) is 13.5 Å². The molecule has 14 heteroatoms. The van der Waals surface area contributed by atoms with E-state index in [9.17, 15) is 27.5 Å². The van der Waals surface area contributed by atoms with Gasteiger partial charge in [0.15, 0.2) is 5.82 Å². The molecule has 2 aromatic carbocycles. The quantitative estimate of drug-likeness (QED) is 0.428. The van der Waals surface area contributed by atoms with Crippen LogP contribution in [0.2, 0.25) is 5.02 Å². The molecular formula is C19H16ClFN6O5S. The first-order valence-electron chi connectivity index (χ1n) is 9.32. The molecule has 0 atom stereocenters. The Hall–Kier alpha value is -3.84. The number of aromatic nitrogens is 2. The number of hydrogen-bond acceptors (Lipinski definition) is 6. The van der Waals surface area contributed by atoms with Gasteiger partial charge in [-0.05, 0) is 17.7 Å². The maximum absolute atomic E-state index is 14.6. The van der Waals surface area contributed by atoms with E-state index in [1.807, 2.05) is 12.1 Å². The lowest BCUT2D eigenvalue weighted by Gasteiger charge is -2.18. The number of urea groups is 1. The molecule has 0 saturated carbocycles. The van der Waals surface area contributed by atoms with Crippen molar-refractivity contribution in [3.63, 3.8) is 0 Å². The fraction of sp³-hybridized carbons (Fsp3) is 0.105. The summed E-state index contributed by atoms with van der Waals surface area (Å²) in [5.41, 5.74) is 0.320. The molecular weight excluding hydrogens is 479 g/mol. The van der Waals surface area contributed by atoms with Gasteiger partial charge in [0, 0.05) is 23.0 Å². The number of aromatic hydroxyl groups is 1. The van der Waals surface area contributed by atoms with Crippen molar-refractivity contribution < 1.29 is 27.5 Å². The fourth-order valence-corrected chi connectivity index (χ4v) is 4.52. The maximum atomic E-state index is 14.6. The zero-order valence-electron chi connectivity index (χ0n) is 16.6. The predicted octanol–water partition coefficient (Wildman–Crippen LogP) is 2.25. The maximum Gasteiger partial charge on any atom is 0.326 e. The summed E-state index contributed by atoms with van der Waals surface area (Å²) < 4.78 is 42.0. The molecule has 1 aromatic heterocycles. The third-order valence-electron chi connectivity index (χ3n) is 4.55. The van der Waals surface area contributed by atoms with E-state index in [4.69, 9.17) is 11.6 Å². The average Bonchev–Trinajstić information content (AvgIpc) is 3.25. The molecule has 1 fully saturated rings. The van der Waals surface area contributed by atoms with Crippen LogP contribution in [0.25, 0.3) is 0 Å².